The number of carbonyl (C=O) groups excluding carboxylic acids is 1. The highest BCUT2D eigenvalue weighted by Crippen LogP contribution is 2.35. The Kier molecular flexibility index (Phi) is 3.50. The molecule has 86 valence electrons. The Morgan fingerprint density at radius 1 is 1.62 bits per heavy atom. The summed E-state index contributed by atoms with van der Waals surface area (Å²) in [7, 11) is 0. The summed E-state index contributed by atoms with van der Waals surface area (Å²) in [6, 6.07) is -0.611. The van der Waals surface area contributed by atoms with Crippen molar-refractivity contribution in [1.82, 2.24) is 5.43 Å². The fourth-order valence-corrected chi connectivity index (χ4v) is 3.65. The molecule has 1 aliphatic carbocycles. The molecule has 1 heterocycles. The number of carbonyl (C=O) groups is 1. The Labute approximate surface area is 102 Å². The van der Waals surface area contributed by atoms with Crippen molar-refractivity contribution in [1.29, 1.82) is 0 Å². The number of nitrogens with two attached hydrogens (primary N) is 1. The number of thioether (sulfide) groups is 1. The number of amides is 2. The van der Waals surface area contributed by atoms with Crippen molar-refractivity contribution < 1.29 is 4.79 Å². The van der Waals surface area contributed by atoms with Gasteiger partial charge in [-0.1, -0.05) is 0 Å². The van der Waals surface area contributed by atoms with Crippen molar-refractivity contribution in [2.45, 2.75) is 23.5 Å². The van der Waals surface area contributed by atoms with E-state index in [-0.39, 0.29) is 0 Å². The molecule has 4 nitrogen and oxygen atoms in total. The minimum atomic E-state index is -0.611. The van der Waals surface area contributed by atoms with Gasteiger partial charge in [0.05, 0.1) is 9.92 Å². The lowest BCUT2D eigenvalue weighted by atomic mass is 9.94. The molecule has 3 N–H and O–H groups in total. The van der Waals surface area contributed by atoms with Crippen molar-refractivity contribution >= 4 is 34.8 Å². The highest BCUT2D eigenvalue weighted by molar-refractivity contribution is 8.00. The number of nitrogens with zero attached hydrogens (tertiary/aromatic N) is 1. The van der Waals surface area contributed by atoms with Crippen LogP contribution in [-0.2, 0) is 6.42 Å². The fourth-order valence-electron chi connectivity index (χ4n) is 1.82. The molecule has 2 rings (SSSR count). The molecule has 1 aliphatic rings. The quantitative estimate of drug-likeness (QED) is 0.628. The van der Waals surface area contributed by atoms with Gasteiger partial charge in [-0.3, -0.25) is 0 Å². The van der Waals surface area contributed by atoms with Crippen LogP contribution in [0.4, 0.5) is 4.79 Å². The molecule has 0 saturated heterocycles. The molecule has 0 aliphatic heterocycles. The van der Waals surface area contributed by atoms with E-state index in [0.717, 1.165) is 25.0 Å². The van der Waals surface area contributed by atoms with Gasteiger partial charge in [0, 0.05) is 5.56 Å². The zero-order valence-corrected chi connectivity index (χ0v) is 10.6. The van der Waals surface area contributed by atoms with Gasteiger partial charge in [0.2, 0.25) is 0 Å². The number of nitrogens with one attached hydrogen (secondary N) is 1. The number of urea groups is 1. The minimum absolute atomic E-state index is 0.611. The first-order chi connectivity index (χ1) is 7.72. The van der Waals surface area contributed by atoms with E-state index in [2.05, 4.69) is 22.2 Å². The predicted molar refractivity (Wildman–Crippen MR) is 68.3 cm³/mol. The molecule has 0 spiro atoms. The van der Waals surface area contributed by atoms with Crippen LogP contribution in [0.1, 0.15) is 24.0 Å². The van der Waals surface area contributed by atoms with Crippen LogP contribution < -0.4 is 11.2 Å². The molecule has 0 unspecified atom stereocenters. The Hall–Kier alpha value is -1.01. The van der Waals surface area contributed by atoms with E-state index in [4.69, 9.17) is 5.73 Å². The van der Waals surface area contributed by atoms with E-state index in [1.54, 1.807) is 23.1 Å². The maximum atomic E-state index is 10.6. The number of thiophene rings is 1. The van der Waals surface area contributed by atoms with Gasteiger partial charge >= 0.3 is 6.03 Å². The summed E-state index contributed by atoms with van der Waals surface area (Å²) in [6.45, 7) is 0. The molecule has 0 atom stereocenters. The van der Waals surface area contributed by atoms with Gasteiger partial charge < -0.3 is 5.73 Å². The van der Waals surface area contributed by atoms with E-state index in [1.165, 1.54) is 15.3 Å². The lowest BCUT2D eigenvalue weighted by Gasteiger charge is -2.15. The first-order valence-electron chi connectivity index (χ1n) is 4.99. The third-order valence-corrected chi connectivity index (χ3v) is 4.65. The van der Waals surface area contributed by atoms with E-state index >= 15 is 0 Å². The zero-order valence-electron chi connectivity index (χ0n) is 8.95. The molecule has 0 bridgehead atoms. The molecule has 6 heteroatoms. The number of rotatable bonds is 2. The van der Waals surface area contributed by atoms with E-state index < -0.39 is 6.03 Å². The summed E-state index contributed by atoms with van der Waals surface area (Å²) >= 11 is 3.46. The van der Waals surface area contributed by atoms with Gasteiger partial charge in [-0.25, -0.2) is 10.2 Å². The topological polar surface area (TPSA) is 67.5 Å². The summed E-state index contributed by atoms with van der Waals surface area (Å²) in [5, 5.41) is 6.27. The van der Waals surface area contributed by atoms with Gasteiger partial charge in [0.15, 0.2) is 0 Å². The highest BCUT2D eigenvalue weighted by Gasteiger charge is 2.21. The van der Waals surface area contributed by atoms with Crippen molar-refractivity contribution in [3.63, 3.8) is 0 Å². The Morgan fingerprint density at radius 3 is 3.12 bits per heavy atom. The second-order valence-electron chi connectivity index (χ2n) is 3.52. The Morgan fingerprint density at radius 2 is 2.44 bits per heavy atom. The van der Waals surface area contributed by atoms with Crippen LogP contribution in [0.25, 0.3) is 0 Å². The smallest absolute Gasteiger partial charge is 0.332 e. The average Bonchev–Trinajstić information content (AvgIpc) is 2.69. The average molecular weight is 255 g/mol. The van der Waals surface area contributed by atoms with Crippen molar-refractivity contribution in [3.8, 4) is 0 Å². The normalized spacial score (nSPS) is 17.2. The Balaban J connectivity index is 2.34. The number of aryl methyl sites for hydroxylation is 1. The summed E-state index contributed by atoms with van der Waals surface area (Å²) < 4.78 is 1.26. The number of fused-ring (bicyclic) bond motifs is 1. The highest BCUT2D eigenvalue weighted by atomic mass is 32.2. The second kappa shape index (κ2) is 4.88. The Bertz CT molecular complexity index is 426. The van der Waals surface area contributed by atoms with Crippen LogP contribution in [-0.4, -0.2) is 18.0 Å². The molecule has 0 fully saturated rings. The number of hydrogen-bond acceptors (Lipinski definition) is 4. The summed E-state index contributed by atoms with van der Waals surface area (Å²) in [5.74, 6) is 0. The van der Waals surface area contributed by atoms with Gasteiger partial charge in [-0.05, 0) is 36.5 Å². The lowest BCUT2D eigenvalue weighted by molar-refractivity contribution is 0.249. The van der Waals surface area contributed by atoms with Crippen molar-refractivity contribution in [3.05, 3.63) is 16.5 Å². The third kappa shape index (κ3) is 2.22. The van der Waals surface area contributed by atoms with Gasteiger partial charge in [-0.15, -0.1) is 23.1 Å². The van der Waals surface area contributed by atoms with Gasteiger partial charge in [0.1, 0.15) is 0 Å². The molecule has 2 amide bonds. The SMILES string of the molecule is CSc1scc2c1/C(=N/NC(N)=O)CCC2. The molecule has 0 radical (unpaired) electrons. The second-order valence-corrected chi connectivity index (χ2v) is 5.47. The first-order valence-corrected chi connectivity index (χ1v) is 7.09. The van der Waals surface area contributed by atoms with E-state index in [9.17, 15) is 4.79 Å². The number of hydrogen-bond donors (Lipinski definition) is 2. The molecule has 0 aromatic carbocycles. The summed E-state index contributed by atoms with van der Waals surface area (Å²) in [4.78, 5) is 10.6. The molecule has 16 heavy (non-hydrogen) atoms. The standard InChI is InChI=1S/C10H13N3OS2/c1-15-9-8-6(5-16-9)3-2-4-7(8)12-13-10(11)14/h5H,2-4H2,1H3,(H3,11,13,14)/b12-7+. The first kappa shape index (κ1) is 11.5. The van der Waals surface area contributed by atoms with Crippen molar-refractivity contribution in [2.24, 2.45) is 10.8 Å². The van der Waals surface area contributed by atoms with Gasteiger partial charge in [0.25, 0.3) is 0 Å². The van der Waals surface area contributed by atoms with Gasteiger partial charge in [-0.2, -0.15) is 5.10 Å². The number of hydrazone groups is 1. The minimum Gasteiger partial charge on any atom is -0.350 e. The zero-order chi connectivity index (χ0) is 11.5. The monoisotopic (exact) mass is 255 g/mol. The molecule has 0 saturated carbocycles. The van der Waals surface area contributed by atoms with Crippen LogP contribution in [0, 0.1) is 0 Å². The van der Waals surface area contributed by atoms with E-state index in [0.29, 0.717) is 0 Å². The molecular formula is C10H13N3OS2. The van der Waals surface area contributed by atoms with Crippen LogP contribution in [0.5, 0.6) is 0 Å². The van der Waals surface area contributed by atoms with E-state index in [1.807, 2.05) is 0 Å². The summed E-state index contributed by atoms with van der Waals surface area (Å²) in [6.07, 6.45) is 5.14. The number of primary amides is 1. The molecule has 1 aromatic rings. The largest absolute Gasteiger partial charge is 0.350 e. The van der Waals surface area contributed by atoms with Crippen LogP contribution in [0.2, 0.25) is 0 Å². The predicted octanol–water partition coefficient (Wildman–Crippen LogP) is 2.18. The maximum Gasteiger partial charge on any atom is 0.332 e. The third-order valence-electron chi connectivity index (χ3n) is 2.47. The molecular weight excluding hydrogens is 242 g/mol. The lowest BCUT2D eigenvalue weighted by Crippen LogP contribution is -2.26. The maximum absolute atomic E-state index is 10.6. The van der Waals surface area contributed by atoms with Crippen LogP contribution in [0.15, 0.2) is 14.7 Å². The van der Waals surface area contributed by atoms with Crippen LogP contribution >= 0.6 is 23.1 Å². The van der Waals surface area contributed by atoms with Crippen molar-refractivity contribution in [2.75, 3.05) is 6.26 Å². The molecule has 1 aromatic heterocycles. The fraction of sp³-hybridized carbons (Fsp3) is 0.400. The van der Waals surface area contributed by atoms with Crippen LogP contribution in [0.3, 0.4) is 0 Å². The summed E-state index contributed by atoms with van der Waals surface area (Å²) in [5.41, 5.74) is 10.8.